The summed E-state index contributed by atoms with van der Waals surface area (Å²) in [6.45, 7) is 1.90. The van der Waals surface area contributed by atoms with Gasteiger partial charge >= 0.3 is 0 Å². The van der Waals surface area contributed by atoms with Crippen LogP contribution in [0.4, 0.5) is 11.6 Å². The van der Waals surface area contributed by atoms with Crippen LogP contribution in [-0.2, 0) is 6.54 Å². The number of carbonyl (C=O) groups excluding carboxylic acids is 1. The number of piperidine rings is 1. The Morgan fingerprint density at radius 3 is 2.61 bits per heavy atom. The van der Waals surface area contributed by atoms with E-state index in [1.54, 1.807) is 26.1 Å². The van der Waals surface area contributed by atoms with Gasteiger partial charge in [-0.1, -0.05) is 17.7 Å². The van der Waals surface area contributed by atoms with Crippen LogP contribution in [0.15, 0.2) is 36.4 Å². The van der Waals surface area contributed by atoms with Crippen molar-refractivity contribution in [3.63, 3.8) is 0 Å². The Labute approximate surface area is 198 Å². The zero-order chi connectivity index (χ0) is 23.5. The number of aromatic nitrogens is 2. The highest BCUT2D eigenvalue weighted by atomic mass is 35.5. The number of hydrogen-bond acceptors (Lipinski definition) is 7. The first-order chi connectivity index (χ1) is 15.9. The van der Waals surface area contributed by atoms with E-state index in [-0.39, 0.29) is 12.0 Å². The van der Waals surface area contributed by atoms with Gasteiger partial charge in [0.25, 0.3) is 5.91 Å². The van der Waals surface area contributed by atoms with E-state index in [1.165, 1.54) is 0 Å². The quantitative estimate of drug-likeness (QED) is 0.570. The van der Waals surface area contributed by atoms with Crippen LogP contribution in [0.2, 0.25) is 5.02 Å². The predicted molar refractivity (Wildman–Crippen MR) is 130 cm³/mol. The highest BCUT2D eigenvalue weighted by Gasteiger charge is 2.22. The maximum atomic E-state index is 12.6. The zero-order valence-corrected chi connectivity index (χ0v) is 19.8. The summed E-state index contributed by atoms with van der Waals surface area (Å²) in [6, 6.07) is 11.2. The SMILES string of the molecule is COc1ccc(CNc2nnc(N3CCC(O)CC3)c3ccc(C(=O)N(C)C)cc23)cc1Cl. The molecule has 8 nitrogen and oxygen atoms in total. The minimum absolute atomic E-state index is 0.0794. The molecule has 1 fully saturated rings. The Morgan fingerprint density at radius 1 is 1.18 bits per heavy atom. The monoisotopic (exact) mass is 469 g/mol. The summed E-state index contributed by atoms with van der Waals surface area (Å²) in [6.07, 6.45) is 1.11. The molecule has 0 spiro atoms. The number of halogens is 1. The summed E-state index contributed by atoms with van der Waals surface area (Å²) >= 11 is 6.26. The minimum Gasteiger partial charge on any atom is -0.495 e. The van der Waals surface area contributed by atoms with E-state index in [0.29, 0.717) is 54.6 Å². The van der Waals surface area contributed by atoms with Crippen molar-refractivity contribution in [2.45, 2.75) is 25.5 Å². The number of benzene rings is 2. The van der Waals surface area contributed by atoms with Gasteiger partial charge in [0, 0.05) is 50.1 Å². The maximum absolute atomic E-state index is 12.6. The van der Waals surface area contributed by atoms with Gasteiger partial charge in [-0.05, 0) is 48.7 Å². The number of anilines is 2. The maximum Gasteiger partial charge on any atom is 0.253 e. The summed E-state index contributed by atoms with van der Waals surface area (Å²) in [5.74, 6) is 1.89. The fraction of sp³-hybridized carbons (Fsp3) is 0.375. The number of rotatable bonds is 6. The van der Waals surface area contributed by atoms with Crippen LogP contribution in [-0.4, -0.2) is 66.5 Å². The highest BCUT2D eigenvalue weighted by molar-refractivity contribution is 6.32. The summed E-state index contributed by atoms with van der Waals surface area (Å²) in [7, 11) is 5.04. The second-order valence-electron chi connectivity index (χ2n) is 8.37. The summed E-state index contributed by atoms with van der Waals surface area (Å²) < 4.78 is 5.22. The molecule has 2 heterocycles. The van der Waals surface area contributed by atoms with Crippen LogP contribution < -0.4 is 15.0 Å². The van der Waals surface area contributed by atoms with Crippen LogP contribution in [0, 0.1) is 0 Å². The van der Waals surface area contributed by atoms with Gasteiger partial charge in [0.15, 0.2) is 11.6 Å². The van der Waals surface area contributed by atoms with E-state index >= 15 is 0 Å². The number of nitrogens with zero attached hydrogens (tertiary/aromatic N) is 4. The molecule has 0 bridgehead atoms. The van der Waals surface area contributed by atoms with Gasteiger partial charge in [-0.25, -0.2) is 0 Å². The standard InChI is InChI=1S/C24H28ClN5O3/c1-29(2)24(32)16-5-6-18-19(13-16)22(26-14-15-4-7-21(33-3)20(25)12-15)27-28-23(18)30-10-8-17(31)9-11-30/h4-7,12-13,17,31H,8-11,14H2,1-3H3,(H,26,27). The minimum atomic E-state index is -0.276. The van der Waals surface area contributed by atoms with Crippen LogP contribution in [0.1, 0.15) is 28.8 Å². The molecule has 0 aliphatic carbocycles. The molecule has 0 unspecified atom stereocenters. The lowest BCUT2D eigenvalue weighted by Crippen LogP contribution is -2.36. The van der Waals surface area contributed by atoms with Crippen molar-refractivity contribution in [1.29, 1.82) is 0 Å². The Kier molecular flexibility index (Phi) is 6.85. The summed E-state index contributed by atoms with van der Waals surface area (Å²) in [4.78, 5) is 16.3. The summed E-state index contributed by atoms with van der Waals surface area (Å²) in [5.41, 5.74) is 1.54. The Morgan fingerprint density at radius 2 is 1.94 bits per heavy atom. The third-order valence-corrected chi connectivity index (χ3v) is 6.15. The highest BCUT2D eigenvalue weighted by Crippen LogP contribution is 2.32. The molecule has 1 aliphatic heterocycles. The van der Waals surface area contributed by atoms with E-state index in [4.69, 9.17) is 16.3 Å². The van der Waals surface area contributed by atoms with Crippen molar-refractivity contribution in [3.05, 3.63) is 52.5 Å². The molecule has 9 heteroatoms. The Balaban J connectivity index is 1.70. The number of aliphatic hydroxyl groups excluding tert-OH is 1. The molecule has 0 atom stereocenters. The number of aliphatic hydroxyl groups is 1. The van der Waals surface area contributed by atoms with Crippen molar-refractivity contribution in [2.24, 2.45) is 0 Å². The van der Waals surface area contributed by atoms with Crippen molar-refractivity contribution in [3.8, 4) is 5.75 Å². The van der Waals surface area contributed by atoms with Crippen molar-refractivity contribution < 1.29 is 14.6 Å². The van der Waals surface area contributed by atoms with Crippen LogP contribution >= 0.6 is 11.6 Å². The molecule has 0 saturated carbocycles. The van der Waals surface area contributed by atoms with Crippen LogP contribution in [0.5, 0.6) is 5.75 Å². The zero-order valence-electron chi connectivity index (χ0n) is 19.0. The molecule has 33 heavy (non-hydrogen) atoms. The van der Waals surface area contributed by atoms with Crippen LogP contribution in [0.3, 0.4) is 0 Å². The number of fused-ring (bicyclic) bond motifs is 1. The molecule has 2 aromatic carbocycles. The predicted octanol–water partition coefficient (Wildman–Crippen LogP) is 3.57. The second-order valence-corrected chi connectivity index (χ2v) is 8.78. The normalized spacial score (nSPS) is 14.4. The molecule has 2 N–H and O–H groups in total. The number of methoxy groups -OCH3 is 1. The van der Waals surface area contributed by atoms with Gasteiger partial charge in [-0.15, -0.1) is 10.2 Å². The van der Waals surface area contributed by atoms with Gasteiger partial charge in [0.2, 0.25) is 0 Å². The molecular weight excluding hydrogens is 442 g/mol. The molecule has 3 aromatic rings. The van der Waals surface area contributed by atoms with Crippen molar-refractivity contribution in [2.75, 3.05) is 44.5 Å². The van der Waals surface area contributed by atoms with E-state index < -0.39 is 0 Å². The Hall–Kier alpha value is -3.10. The number of nitrogens with one attached hydrogen (secondary N) is 1. The fourth-order valence-electron chi connectivity index (χ4n) is 3.98. The van der Waals surface area contributed by atoms with Gasteiger partial charge in [0.05, 0.1) is 18.2 Å². The lowest BCUT2D eigenvalue weighted by atomic mass is 10.0. The third kappa shape index (κ3) is 4.96. The first-order valence-corrected chi connectivity index (χ1v) is 11.3. The molecule has 4 rings (SSSR count). The fourth-order valence-corrected chi connectivity index (χ4v) is 4.26. The lowest BCUT2D eigenvalue weighted by Gasteiger charge is -2.31. The van der Waals surface area contributed by atoms with Gasteiger partial charge in [-0.3, -0.25) is 4.79 Å². The number of ether oxygens (including phenoxy) is 1. The van der Waals surface area contributed by atoms with E-state index in [1.807, 2.05) is 36.4 Å². The van der Waals surface area contributed by atoms with Crippen molar-refractivity contribution in [1.82, 2.24) is 15.1 Å². The molecule has 1 aromatic heterocycles. The number of carbonyl (C=O) groups is 1. The van der Waals surface area contributed by atoms with E-state index in [0.717, 1.165) is 22.2 Å². The van der Waals surface area contributed by atoms with E-state index in [2.05, 4.69) is 20.4 Å². The number of hydrogen-bond donors (Lipinski definition) is 2. The number of amides is 1. The van der Waals surface area contributed by atoms with Crippen LogP contribution in [0.25, 0.3) is 10.8 Å². The van der Waals surface area contributed by atoms with E-state index in [9.17, 15) is 9.90 Å². The third-order valence-electron chi connectivity index (χ3n) is 5.85. The molecule has 174 valence electrons. The molecule has 1 aliphatic rings. The second kappa shape index (κ2) is 9.80. The molecule has 1 saturated heterocycles. The van der Waals surface area contributed by atoms with Crippen molar-refractivity contribution >= 4 is 39.9 Å². The average molecular weight is 470 g/mol. The molecule has 1 amide bonds. The average Bonchev–Trinajstić information content (AvgIpc) is 2.82. The van der Waals surface area contributed by atoms with Gasteiger partial charge in [-0.2, -0.15) is 0 Å². The topological polar surface area (TPSA) is 90.8 Å². The molecular formula is C24H28ClN5O3. The molecule has 0 radical (unpaired) electrons. The lowest BCUT2D eigenvalue weighted by molar-refractivity contribution is 0.0827. The largest absolute Gasteiger partial charge is 0.495 e. The van der Waals surface area contributed by atoms with Gasteiger partial charge < -0.3 is 25.0 Å². The smallest absolute Gasteiger partial charge is 0.253 e. The Bertz CT molecular complexity index is 1160. The summed E-state index contributed by atoms with van der Waals surface area (Å²) in [5, 5.41) is 24.5. The van der Waals surface area contributed by atoms with Gasteiger partial charge in [0.1, 0.15) is 5.75 Å². The first-order valence-electron chi connectivity index (χ1n) is 10.9. The first kappa shape index (κ1) is 23.1.